The molecular weight excluding hydrogens is 435 g/mol. The van der Waals surface area contributed by atoms with E-state index in [1.165, 1.54) is 0 Å². The Labute approximate surface area is 192 Å². The largest absolute Gasteiger partial charge is 0.508 e. The Bertz CT molecular complexity index is 998. The van der Waals surface area contributed by atoms with Crippen LogP contribution in [0, 0.1) is 0 Å². The fourth-order valence-corrected chi connectivity index (χ4v) is 4.45. The lowest BCUT2D eigenvalue weighted by atomic mass is 10.1. The van der Waals surface area contributed by atoms with Gasteiger partial charge in [0.1, 0.15) is 17.2 Å². The minimum atomic E-state index is -0.0531. The molecule has 0 saturated carbocycles. The zero-order valence-corrected chi connectivity index (χ0v) is 18.6. The fourth-order valence-electron chi connectivity index (χ4n) is 4.06. The van der Waals surface area contributed by atoms with Crippen LogP contribution in [0.1, 0.15) is 22.9 Å². The van der Waals surface area contributed by atoms with E-state index < -0.39 is 0 Å². The van der Waals surface area contributed by atoms with E-state index in [0.717, 1.165) is 35.5 Å². The number of rotatable bonds is 6. The van der Waals surface area contributed by atoms with Crippen molar-refractivity contribution in [2.45, 2.75) is 19.3 Å². The van der Waals surface area contributed by atoms with Crippen molar-refractivity contribution in [3.63, 3.8) is 0 Å². The Morgan fingerprint density at radius 1 is 0.806 bits per heavy atom. The summed E-state index contributed by atoms with van der Waals surface area (Å²) in [5.74, 6) is 1.24. The molecule has 0 aromatic heterocycles. The van der Waals surface area contributed by atoms with Crippen molar-refractivity contribution in [2.75, 3.05) is 20.2 Å². The third-order valence-electron chi connectivity index (χ3n) is 5.61. The van der Waals surface area contributed by atoms with E-state index >= 15 is 0 Å². The second-order valence-corrected chi connectivity index (χ2v) is 8.51. The summed E-state index contributed by atoms with van der Waals surface area (Å²) >= 11 is 12.3. The van der Waals surface area contributed by atoms with E-state index in [-0.39, 0.29) is 17.7 Å². The van der Waals surface area contributed by atoms with Crippen LogP contribution in [-0.2, 0) is 13.1 Å². The normalized spacial score (nSPS) is 15.5. The zero-order chi connectivity index (χ0) is 22.0. The van der Waals surface area contributed by atoms with Crippen LogP contribution in [0.25, 0.3) is 0 Å². The zero-order valence-electron chi connectivity index (χ0n) is 17.1. The van der Waals surface area contributed by atoms with Gasteiger partial charge in [0, 0.05) is 47.4 Å². The topological polar surface area (TPSA) is 56.2 Å². The molecule has 0 spiro atoms. The summed E-state index contributed by atoms with van der Waals surface area (Å²) < 4.78 is 5.31. The quantitative estimate of drug-likeness (QED) is 0.515. The number of phenolic OH excluding ortho intramolecular Hbond substituents is 2. The van der Waals surface area contributed by atoms with Crippen molar-refractivity contribution >= 4 is 23.2 Å². The maximum Gasteiger partial charge on any atom is 0.120 e. The van der Waals surface area contributed by atoms with Crippen molar-refractivity contribution in [3.8, 4) is 17.2 Å². The number of benzene rings is 3. The highest BCUT2D eigenvalue weighted by Crippen LogP contribution is 2.36. The van der Waals surface area contributed by atoms with Crippen molar-refractivity contribution in [2.24, 2.45) is 0 Å². The van der Waals surface area contributed by atoms with Crippen molar-refractivity contribution in [1.82, 2.24) is 9.80 Å². The van der Waals surface area contributed by atoms with E-state index in [1.54, 1.807) is 43.5 Å². The lowest BCUT2D eigenvalue weighted by molar-refractivity contribution is 0.124. The number of halogens is 2. The molecule has 0 aliphatic carbocycles. The molecule has 4 rings (SSSR count). The van der Waals surface area contributed by atoms with Gasteiger partial charge in [-0.2, -0.15) is 0 Å². The smallest absolute Gasteiger partial charge is 0.120 e. The van der Waals surface area contributed by atoms with Gasteiger partial charge in [-0.05, 0) is 54.1 Å². The van der Waals surface area contributed by atoms with Gasteiger partial charge in [0.15, 0.2) is 0 Å². The molecule has 162 valence electrons. The molecule has 3 aromatic rings. The summed E-state index contributed by atoms with van der Waals surface area (Å²) in [5, 5.41) is 21.8. The van der Waals surface area contributed by atoms with Crippen LogP contribution in [0.15, 0.2) is 60.7 Å². The van der Waals surface area contributed by atoms with Crippen molar-refractivity contribution in [3.05, 3.63) is 87.4 Å². The predicted molar refractivity (Wildman–Crippen MR) is 123 cm³/mol. The van der Waals surface area contributed by atoms with Crippen LogP contribution in [-0.4, -0.2) is 40.2 Å². The van der Waals surface area contributed by atoms with Gasteiger partial charge in [0.2, 0.25) is 0 Å². The second-order valence-electron chi connectivity index (χ2n) is 7.63. The number of hydrogen-bond acceptors (Lipinski definition) is 5. The highest BCUT2D eigenvalue weighted by molar-refractivity contribution is 6.31. The molecule has 1 fully saturated rings. The Balaban J connectivity index is 1.65. The van der Waals surface area contributed by atoms with Crippen LogP contribution in [0.4, 0.5) is 0 Å². The monoisotopic (exact) mass is 458 g/mol. The fraction of sp³-hybridized carbons (Fsp3) is 0.250. The SMILES string of the molecule is COc1ccc(C2N(Cc3cc(Cl)ccc3O)CCN2Cc2cc(Cl)ccc2O)cc1. The van der Waals surface area contributed by atoms with Crippen LogP contribution < -0.4 is 4.74 Å². The van der Waals surface area contributed by atoms with Crippen LogP contribution in [0.5, 0.6) is 17.2 Å². The average molecular weight is 459 g/mol. The number of hydrogen-bond donors (Lipinski definition) is 2. The molecule has 1 saturated heterocycles. The van der Waals surface area contributed by atoms with Gasteiger partial charge >= 0.3 is 0 Å². The lowest BCUT2D eigenvalue weighted by Gasteiger charge is -2.31. The molecule has 31 heavy (non-hydrogen) atoms. The number of methoxy groups -OCH3 is 1. The minimum Gasteiger partial charge on any atom is -0.508 e. The summed E-state index contributed by atoms with van der Waals surface area (Å²) in [7, 11) is 1.65. The first-order valence-electron chi connectivity index (χ1n) is 10.0. The van der Waals surface area contributed by atoms with E-state index in [1.807, 2.05) is 24.3 Å². The number of nitrogens with zero attached hydrogens (tertiary/aromatic N) is 2. The Kier molecular flexibility index (Phi) is 6.58. The van der Waals surface area contributed by atoms with Gasteiger partial charge in [-0.15, -0.1) is 0 Å². The maximum atomic E-state index is 10.3. The van der Waals surface area contributed by atoms with Gasteiger partial charge in [0.05, 0.1) is 13.3 Å². The summed E-state index contributed by atoms with van der Waals surface area (Å²) in [6, 6.07) is 18.2. The molecule has 1 aliphatic rings. The van der Waals surface area contributed by atoms with Gasteiger partial charge in [-0.3, -0.25) is 9.80 Å². The van der Waals surface area contributed by atoms with E-state index in [2.05, 4.69) is 9.80 Å². The molecule has 0 bridgehead atoms. The summed E-state index contributed by atoms with van der Waals surface area (Å²) in [6.45, 7) is 2.68. The van der Waals surface area contributed by atoms with E-state index in [9.17, 15) is 10.2 Å². The Morgan fingerprint density at radius 3 is 1.74 bits per heavy atom. The number of phenols is 2. The van der Waals surface area contributed by atoms with Gasteiger partial charge < -0.3 is 14.9 Å². The molecule has 1 aliphatic heterocycles. The van der Waals surface area contributed by atoms with Gasteiger partial charge in [-0.25, -0.2) is 0 Å². The summed E-state index contributed by atoms with van der Waals surface area (Å²) in [5.41, 5.74) is 2.65. The van der Waals surface area contributed by atoms with Crippen molar-refractivity contribution < 1.29 is 14.9 Å². The molecule has 0 radical (unpaired) electrons. The molecule has 0 atom stereocenters. The molecule has 7 heteroatoms. The van der Waals surface area contributed by atoms with Crippen LogP contribution in [0.2, 0.25) is 10.0 Å². The molecule has 0 unspecified atom stereocenters. The minimum absolute atomic E-state index is 0.0531. The first-order chi connectivity index (χ1) is 14.9. The highest BCUT2D eigenvalue weighted by atomic mass is 35.5. The van der Waals surface area contributed by atoms with Gasteiger partial charge in [0.25, 0.3) is 0 Å². The molecule has 1 heterocycles. The predicted octanol–water partition coefficient (Wildman–Crippen LogP) is 5.43. The van der Waals surface area contributed by atoms with Crippen LogP contribution in [0.3, 0.4) is 0 Å². The first-order valence-corrected chi connectivity index (χ1v) is 10.8. The molecule has 3 aromatic carbocycles. The van der Waals surface area contributed by atoms with Gasteiger partial charge in [-0.1, -0.05) is 35.3 Å². The molecule has 0 amide bonds. The molecule has 2 N–H and O–H groups in total. The first kappa shape index (κ1) is 21.8. The number of ether oxygens (including phenoxy) is 1. The summed E-state index contributed by atoms with van der Waals surface area (Å²) in [6.07, 6.45) is -0.0531. The molecular formula is C24H24Cl2N2O3. The van der Waals surface area contributed by atoms with E-state index in [0.29, 0.717) is 23.1 Å². The third kappa shape index (κ3) is 4.91. The summed E-state index contributed by atoms with van der Waals surface area (Å²) in [4.78, 5) is 4.57. The second kappa shape index (κ2) is 9.37. The Morgan fingerprint density at radius 2 is 1.29 bits per heavy atom. The van der Waals surface area contributed by atoms with Crippen LogP contribution >= 0.6 is 23.2 Å². The standard InChI is InChI=1S/C24H24Cl2N2O3/c1-31-21-6-2-16(3-7-21)24-27(14-17-12-19(25)4-8-22(17)29)10-11-28(24)15-18-13-20(26)5-9-23(18)30/h2-9,12-13,24,29-30H,10-11,14-15H2,1H3. The maximum absolute atomic E-state index is 10.3. The third-order valence-corrected chi connectivity index (χ3v) is 6.08. The Hall–Kier alpha value is -2.44. The highest BCUT2D eigenvalue weighted by Gasteiger charge is 2.34. The van der Waals surface area contributed by atoms with E-state index in [4.69, 9.17) is 27.9 Å². The lowest BCUT2D eigenvalue weighted by Crippen LogP contribution is -2.30. The molecule has 5 nitrogen and oxygen atoms in total. The average Bonchev–Trinajstić information content (AvgIpc) is 3.15. The number of aromatic hydroxyl groups is 2. The van der Waals surface area contributed by atoms with Crippen molar-refractivity contribution in [1.29, 1.82) is 0 Å².